The first-order valence-corrected chi connectivity index (χ1v) is 32.8. The van der Waals surface area contributed by atoms with Gasteiger partial charge in [-0.15, -0.1) is 0 Å². The van der Waals surface area contributed by atoms with Crippen molar-refractivity contribution in [3.8, 4) is 95.5 Å². The van der Waals surface area contributed by atoms with E-state index in [1.54, 1.807) is 6.07 Å². The van der Waals surface area contributed by atoms with Gasteiger partial charge in [0.05, 0.1) is 27.8 Å². The zero-order valence-corrected chi connectivity index (χ0v) is 52.7. The van der Waals surface area contributed by atoms with Crippen molar-refractivity contribution in [1.82, 2.24) is 19.5 Å². The third-order valence-corrected chi connectivity index (χ3v) is 19.2. The maximum absolute atomic E-state index is 16.0. The quantitative estimate of drug-likeness (QED) is 0.121. The number of hydrogen-bond donors (Lipinski definition) is 0. The first-order chi connectivity index (χ1) is 48.2. The summed E-state index contributed by atoms with van der Waals surface area (Å²) in [6.07, 6.45) is -4.80. The third kappa shape index (κ3) is 10.0. The topological polar surface area (TPSA) is 50.1 Å². The number of rotatable bonds is 11. The van der Waals surface area contributed by atoms with Crippen molar-refractivity contribution in [2.24, 2.45) is 0 Å². The Labute approximate surface area is 565 Å². The van der Waals surface area contributed by atoms with E-state index < -0.39 is 11.7 Å². The smallest absolute Gasteiger partial charge is 0.311 e. The highest BCUT2D eigenvalue weighted by atomic mass is 19.4. The molecule has 0 radical (unpaired) electrons. The van der Waals surface area contributed by atoms with Gasteiger partial charge in [-0.05, 0) is 163 Å². The van der Waals surface area contributed by atoms with Crippen molar-refractivity contribution in [2.75, 3.05) is 9.80 Å². The molecule has 0 bridgehead atoms. The lowest BCUT2D eigenvalue weighted by Crippen LogP contribution is -2.61. The second-order valence-electron chi connectivity index (χ2n) is 25.0. The zero-order valence-electron chi connectivity index (χ0n) is 52.7. The minimum absolute atomic E-state index is 0.0999. The summed E-state index contributed by atoms with van der Waals surface area (Å²) in [6, 6.07) is 116. The van der Waals surface area contributed by atoms with Crippen LogP contribution < -0.4 is 26.2 Å². The minimum Gasteiger partial charge on any atom is -0.311 e. The molecule has 10 heteroatoms. The molecule has 0 fully saturated rings. The fourth-order valence-electron chi connectivity index (χ4n) is 14.8. The van der Waals surface area contributed by atoms with Gasteiger partial charge in [-0.2, -0.15) is 13.2 Å². The lowest BCUT2D eigenvalue weighted by atomic mass is 9.33. The second kappa shape index (κ2) is 23.7. The van der Waals surface area contributed by atoms with Crippen molar-refractivity contribution >= 4 is 79.0 Å². The van der Waals surface area contributed by atoms with Gasteiger partial charge in [0.25, 0.3) is 6.71 Å². The lowest BCUT2D eigenvalue weighted by molar-refractivity contribution is -0.137. The lowest BCUT2D eigenvalue weighted by Gasteiger charge is -2.44. The average molecular weight is 1270 g/mol. The number of benzene rings is 14. The Morgan fingerprint density at radius 3 is 1.10 bits per heavy atom. The number of halogens is 3. The summed E-state index contributed by atoms with van der Waals surface area (Å²) >= 11 is 0. The summed E-state index contributed by atoms with van der Waals surface area (Å²) in [5, 5.41) is 1.72. The Bertz CT molecular complexity index is 5380. The molecule has 6 nitrogen and oxygen atoms in total. The molecule has 0 unspecified atom stereocenters. The van der Waals surface area contributed by atoms with Crippen molar-refractivity contribution in [2.45, 2.75) is 6.18 Å². The van der Waals surface area contributed by atoms with Gasteiger partial charge in [0.1, 0.15) is 0 Å². The van der Waals surface area contributed by atoms with E-state index in [-0.39, 0.29) is 35.4 Å². The maximum Gasteiger partial charge on any atom is 0.417 e. The second-order valence-corrected chi connectivity index (χ2v) is 25.0. The van der Waals surface area contributed by atoms with Gasteiger partial charge in [0.2, 0.25) is 0 Å². The summed E-state index contributed by atoms with van der Waals surface area (Å²) in [5.74, 6) is 0.409. The van der Waals surface area contributed by atoms with Crippen LogP contribution in [0.2, 0.25) is 0 Å². The molecule has 0 aliphatic carbocycles. The van der Waals surface area contributed by atoms with Gasteiger partial charge in [-0.3, -0.25) is 0 Å². The van der Waals surface area contributed by atoms with E-state index in [0.29, 0.717) is 16.6 Å². The van der Waals surface area contributed by atoms with Crippen LogP contribution in [0.5, 0.6) is 0 Å². The van der Waals surface area contributed by atoms with E-state index in [1.165, 1.54) is 17.0 Å². The summed E-state index contributed by atoms with van der Waals surface area (Å²) in [6.45, 7) is -0.176. The van der Waals surface area contributed by atoms with Gasteiger partial charge < -0.3 is 14.4 Å². The molecule has 18 rings (SSSR count). The van der Waals surface area contributed by atoms with Crippen LogP contribution in [0.4, 0.5) is 47.3 Å². The summed E-state index contributed by atoms with van der Waals surface area (Å²) < 4.78 is 50.0. The highest BCUT2D eigenvalue weighted by Gasteiger charge is 2.44. The van der Waals surface area contributed by atoms with Gasteiger partial charge in [-0.1, -0.05) is 249 Å². The van der Waals surface area contributed by atoms with Crippen molar-refractivity contribution in [3.05, 3.63) is 345 Å². The molecule has 0 N–H and O–H groups in total. The number of fused-ring (bicyclic) bond motifs is 7. The Morgan fingerprint density at radius 1 is 0.265 bits per heavy atom. The molecule has 0 amide bonds. The first kappa shape index (κ1) is 58.0. The van der Waals surface area contributed by atoms with Crippen molar-refractivity contribution in [3.63, 3.8) is 0 Å². The Kier molecular flexibility index (Phi) is 14.0. The standard InChI is InChI=1S/C88H56BF3N6/c90-88(91,92)73-39-25-45-80(83(73)87-94-85(61-34-15-5-16-35-61)93-86(95-87)62-36-17-6-18-37-62)98-76-42-22-19-38-71(76)72-54-63(46-47-77(72)98)68-55-81-84-82(56-68)97(70-52-66(59-30-11-3-12-31-59)49-67(53-70)60-32-13-4-14-33-60)79-44-24-21-41-75(79)89(84)74-40-20-23-43-78(74)96(81)69-50-64(57-26-7-1-8-27-57)48-65(51-69)58-28-9-2-10-29-58/h1-56H. The van der Waals surface area contributed by atoms with E-state index in [2.05, 4.69) is 252 Å². The molecular formula is C88H56BF3N6. The maximum atomic E-state index is 16.0. The average Bonchev–Trinajstić information content (AvgIpc) is 0.721. The van der Waals surface area contributed by atoms with Crippen LogP contribution in [-0.2, 0) is 6.18 Å². The first-order valence-electron chi connectivity index (χ1n) is 32.8. The van der Waals surface area contributed by atoms with Crippen molar-refractivity contribution < 1.29 is 13.2 Å². The Balaban J connectivity index is 0.906. The SMILES string of the molecule is FC(F)(F)c1cccc(-n2c3ccccc3c3cc(-c4cc5c6c(c4)N(c4cc(-c7ccccc7)cc(-c7ccccc7)c4)c4ccccc4B6c4ccccc4N5c4cc(-c5ccccc5)cc(-c5ccccc5)c4)ccc32)c1-c1nc(-c2ccccc2)nc(-c2ccccc2)n1. The molecule has 4 heterocycles. The molecular weight excluding hydrogens is 1210 g/mol. The number of hydrogen-bond acceptors (Lipinski definition) is 5. The van der Waals surface area contributed by atoms with Gasteiger partial charge in [-0.25, -0.2) is 15.0 Å². The Hall–Kier alpha value is -12.7. The normalized spacial score (nSPS) is 12.4. The van der Waals surface area contributed by atoms with Crippen LogP contribution in [0.15, 0.2) is 340 Å². The molecule has 0 saturated carbocycles. The molecule has 98 heavy (non-hydrogen) atoms. The number of nitrogens with zero attached hydrogens (tertiary/aromatic N) is 6. The fraction of sp³-hybridized carbons (Fsp3) is 0.0114. The number of anilines is 6. The van der Waals surface area contributed by atoms with E-state index in [0.717, 1.165) is 118 Å². The molecule has 462 valence electrons. The van der Waals surface area contributed by atoms with Gasteiger partial charge >= 0.3 is 6.18 Å². The number of alkyl halides is 3. The van der Waals surface area contributed by atoms with Crippen molar-refractivity contribution in [1.29, 1.82) is 0 Å². The van der Waals surface area contributed by atoms with E-state index in [4.69, 9.17) is 15.0 Å². The number of para-hydroxylation sites is 3. The van der Waals surface area contributed by atoms with E-state index in [9.17, 15) is 0 Å². The fourth-order valence-corrected chi connectivity index (χ4v) is 14.8. The molecule has 2 aliphatic heterocycles. The van der Waals surface area contributed by atoms with Crippen LogP contribution in [0.25, 0.3) is 117 Å². The zero-order chi connectivity index (χ0) is 65.4. The van der Waals surface area contributed by atoms with Crippen LogP contribution in [0.3, 0.4) is 0 Å². The van der Waals surface area contributed by atoms with Crippen LogP contribution in [0, 0.1) is 0 Å². The van der Waals surface area contributed by atoms with Crippen LogP contribution >= 0.6 is 0 Å². The molecule has 0 atom stereocenters. The monoisotopic (exact) mass is 1260 g/mol. The molecule has 0 spiro atoms. The predicted octanol–water partition coefficient (Wildman–Crippen LogP) is 21.4. The third-order valence-electron chi connectivity index (χ3n) is 19.2. The molecule has 16 aromatic rings. The van der Waals surface area contributed by atoms with Gasteiger partial charge in [0, 0.05) is 56.0 Å². The molecule has 2 aromatic heterocycles. The van der Waals surface area contributed by atoms with E-state index >= 15 is 13.2 Å². The highest BCUT2D eigenvalue weighted by molar-refractivity contribution is 7.00. The predicted molar refractivity (Wildman–Crippen MR) is 397 cm³/mol. The Morgan fingerprint density at radius 2 is 0.643 bits per heavy atom. The summed E-state index contributed by atoms with van der Waals surface area (Å²) in [5.41, 5.74) is 22.3. The largest absolute Gasteiger partial charge is 0.417 e. The minimum atomic E-state index is -4.80. The summed E-state index contributed by atoms with van der Waals surface area (Å²) in [7, 11) is 0. The summed E-state index contributed by atoms with van der Waals surface area (Å²) in [4.78, 5) is 19.7. The van der Waals surface area contributed by atoms with E-state index in [1.807, 2.05) is 83.4 Å². The molecule has 14 aromatic carbocycles. The molecule has 0 saturated heterocycles. The van der Waals surface area contributed by atoms with Crippen LogP contribution in [-0.4, -0.2) is 26.2 Å². The van der Waals surface area contributed by atoms with Crippen LogP contribution in [0.1, 0.15) is 5.56 Å². The van der Waals surface area contributed by atoms with Gasteiger partial charge in [0.15, 0.2) is 17.5 Å². The molecule has 2 aliphatic rings. The highest BCUT2D eigenvalue weighted by Crippen LogP contribution is 2.50. The number of aromatic nitrogens is 4.